The van der Waals surface area contributed by atoms with E-state index in [2.05, 4.69) is 30.8 Å². The Bertz CT molecular complexity index is 1460. The van der Waals surface area contributed by atoms with Crippen LogP contribution in [0.5, 0.6) is 5.75 Å². The number of hydrazone groups is 1. The number of halogens is 1. The molecule has 0 spiro atoms. The number of aromatic nitrogens is 3. The van der Waals surface area contributed by atoms with Gasteiger partial charge in [-0.25, -0.2) is 19.8 Å². The fourth-order valence-corrected chi connectivity index (χ4v) is 4.41. The van der Waals surface area contributed by atoms with E-state index >= 15 is 0 Å². The quantitative estimate of drug-likeness (QED) is 0.204. The van der Waals surface area contributed by atoms with Crippen molar-refractivity contribution in [3.8, 4) is 16.9 Å². The van der Waals surface area contributed by atoms with Crippen molar-refractivity contribution in [1.29, 1.82) is 0 Å². The SMILES string of the molecule is CCC1COCCN1c1nc(N/N=C/c2ccc(Nc3ccc(-c4cccc(O)c4)cc3)c(C)n2)ncc1F. The molecule has 0 aliphatic carbocycles. The molecule has 2 aromatic carbocycles. The lowest BCUT2D eigenvalue weighted by Gasteiger charge is -2.36. The van der Waals surface area contributed by atoms with Crippen molar-refractivity contribution in [2.75, 3.05) is 35.4 Å². The smallest absolute Gasteiger partial charge is 0.245 e. The number of aryl methyl sites for hydroxylation is 1. The van der Waals surface area contributed by atoms with Gasteiger partial charge in [0.05, 0.1) is 48.7 Å². The third kappa shape index (κ3) is 6.29. The number of hydrogen-bond acceptors (Lipinski definition) is 9. The average molecular weight is 528 g/mol. The zero-order chi connectivity index (χ0) is 27.2. The number of rotatable bonds is 8. The van der Waals surface area contributed by atoms with E-state index in [0.717, 1.165) is 40.8 Å². The second kappa shape index (κ2) is 11.9. The van der Waals surface area contributed by atoms with E-state index in [0.29, 0.717) is 25.5 Å². The number of hydrogen-bond donors (Lipinski definition) is 3. The number of anilines is 4. The summed E-state index contributed by atoms with van der Waals surface area (Å²) in [6.45, 7) is 5.60. The van der Waals surface area contributed by atoms with Gasteiger partial charge in [0, 0.05) is 12.2 Å². The van der Waals surface area contributed by atoms with E-state index in [1.165, 1.54) is 0 Å². The van der Waals surface area contributed by atoms with Crippen LogP contribution in [0.2, 0.25) is 0 Å². The molecule has 5 rings (SSSR count). The Morgan fingerprint density at radius 3 is 2.74 bits per heavy atom. The first kappa shape index (κ1) is 26.1. The molecule has 1 unspecified atom stereocenters. The van der Waals surface area contributed by atoms with Crippen LogP contribution in [0.25, 0.3) is 11.1 Å². The molecule has 1 fully saturated rings. The summed E-state index contributed by atoms with van der Waals surface area (Å²) in [6, 6.07) is 19.0. The molecule has 1 aliphatic heterocycles. The molecule has 39 heavy (non-hydrogen) atoms. The highest BCUT2D eigenvalue weighted by molar-refractivity contribution is 5.79. The fraction of sp³-hybridized carbons (Fsp3) is 0.241. The number of phenols is 1. The molecule has 200 valence electrons. The van der Waals surface area contributed by atoms with Crippen molar-refractivity contribution >= 4 is 29.4 Å². The van der Waals surface area contributed by atoms with Gasteiger partial charge in [0.25, 0.3) is 0 Å². The highest BCUT2D eigenvalue weighted by Crippen LogP contribution is 2.27. The fourth-order valence-electron chi connectivity index (χ4n) is 4.41. The second-order valence-corrected chi connectivity index (χ2v) is 9.19. The van der Waals surface area contributed by atoms with Gasteiger partial charge in [0.15, 0.2) is 11.6 Å². The predicted molar refractivity (Wildman–Crippen MR) is 151 cm³/mol. The van der Waals surface area contributed by atoms with Gasteiger partial charge < -0.3 is 20.1 Å². The number of aromatic hydroxyl groups is 1. The molecule has 3 N–H and O–H groups in total. The normalized spacial score (nSPS) is 15.5. The molecule has 0 radical (unpaired) electrons. The van der Waals surface area contributed by atoms with Crippen LogP contribution in [-0.2, 0) is 4.74 Å². The first-order chi connectivity index (χ1) is 19.0. The number of phenolic OH excluding ortho intramolecular Hbond substituents is 1. The number of ether oxygens (including phenoxy) is 1. The molecule has 1 saturated heterocycles. The molecule has 0 saturated carbocycles. The zero-order valence-corrected chi connectivity index (χ0v) is 21.8. The Balaban J connectivity index is 1.22. The Morgan fingerprint density at radius 2 is 1.97 bits per heavy atom. The van der Waals surface area contributed by atoms with E-state index in [1.54, 1.807) is 18.3 Å². The Kier molecular flexibility index (Phi) is 7.93. The lowest BCUT2D eigenvalue weighted by Crippen LogP contribution is -2.46. The van der Waals surface area contributed by atoms with Crippen molar-refractivity contribution in [1.82, 2.24) is 15.0 Å². The van der Waals surface area contributed by atoms with Crippen LogP contribution in [0.3, 0.4) is 0 Å². The summed E-state index contributed by atoms with van der Waals surface area (Å²) in [4.78, 5) is 14.9. The monoisotopic (exact) mass is 527 g/mol. The maximum Gasteiger partial charge on any atom is 0.245 e. The summed E-state index contributed by atoms with van der Waals surface area (Å²) in [5, 5.41) is 17.3. The van der Waals surface area contributed by atoms with Crippen molar-refractivity contribution in [3.05, 3.63) is 84.1 Å². The van der Waals surface area contributed by atoms with Gasteiger partial charge in [-0.15, -0.1) is 0 Å². The Labute approximate surface area is 226 Å². The van der Waals surface area contributed by atoms with Crippen LogP contribution in [0.15, 0.2) is 72.0 Å². The van der Waals surface area contributed by atoms with E-state index in [4.69, 9.17) is 4.74 Å². The minimum absolute atomic E-state index is 0.0649. The summed E-state index contributed by atoms with van der Waals surface area (Å²) in [7, 11) is 0. The van der Waals surface area contributed by atoms with Crippen molar-refractivity contribution in [2.45, 2.75) is 26.3 Å². The number of pyridine rings is 1. The number of morpholine rings is 1. The van der Waals surface area contributed by atoms with Crippen LogP contribution >= 0.6 is 0 Å². The van der Waals surface area contributed by atoms with Gasteiger partial charge in [0.1, 0.15) is 5.75 Å². The minimum Gasteiger partial charge on any atom is -0.508 e. The number of nitrogens with zero attached hydrogens (tertiary/aromatic N) is 5. The maximum atomic E-state index is 14.5. The lowest BCUT2D eigenvalue weighted by atomic mass is 10.1. The predicted octanol–water partition coefficient (Wildman–Crippen LogP) is 5.50. The van der Waals surface area contributed by atoms with Crippen LogP contribution < -0.4 is 15.6 Å². The highest BCUT2D eigenvalue weighted by atomic mass is 19.1. The standard InChI is InChI=1S/C29H30FN7O2/c1-3-24-18-39-14-13-37(24)28-26(30)17-31-29(35-28)36-32-16-23-11-12-27(19(2)33-23)34-22-9-7-20(8-10-22)21-5-4-6-25(38)15-21/h4-12,15-17,24,34,38H,3,13-14,18H2,1-2H3,(H,31,35,36)/b32-16+. The Hall–Kier alpha value is -4.57. The van der Waals surface area contributed by atoms with Gasteiger partial charge in [0.2, 0.25) is 5.95 Å². The molecule has 0 amide bonds. The summed E-state index contributed by atoms with van der Waals surface area (Å²) in [5.41, 5.74) is 7.97. The van der Waals surface area contributed by atoms with E-state index < -0.39 is 5.82 Å². The topological polar surface area (TPSA) is 108 Å². The molecule has 0 bridgehead atoms. The molecular weight excluding hydrogens is 497 g/mol. The molecule has 3 heterocycles. The van der Waals surface area contributed by atoms with Gasteiger partial charge >= 0.3 is 0 Å². The molecule has 1 atom stereocenters. The second-order valence-electron chi connectivity index (χ2n) is 9.19. The minimum atomic E-state index is -0.473. The van der Waals surface area contributed by atoms with E-state index in [1.807, 2.05) is 67.3 Å². The van der Waals surface area contributed by atoms with Crippen LogP contribution in [0.4, 0.5) is 27.5 Å². The van der Waals surface area contributed by atoms with Crippen LogP contribution in [0, 0.1) is 12.7 Å². The first-order valence-corrected chi connectivity index (χ1v) is 12.8. The van der Waals surface area contributed by atoms with Crippen molar-refractivity contribution in [2.24, 2.45) is 5.10 Å². The van der Waals surface area contributed by atoms with Gasteiger partial charge in [-0.1, -0.05) is 31.2 Å². The molecule has 9 nitrogen and oxygen atoms in total. The van der Waals surface area contributed by atoms with Gasteiger partial charge in [-0.05, 0) is 60.9 Å². The summed E-state index contributed by atoms with van der Waals surface area (Å²) in [5.74, 6) is 0.216. The number of benzene rings is 2. The van der Waals surface area contributed by atoms with E-state index in [-0.39, 0.29) is 23.6 Å². The van der Waals surface area contributed by atoms with Gasteiger partial charge in [-0.3, -0.25) is 0 Å². The van der Waals surface area contributed by atoms with Crippen molar-refractivity contribution < 1.29 is 14.2 Å². The molecule has 1 aliphatic rings. The van der Waals surface area contributed by atoms with E-state index in [9.17, 15) is 9.50 Å². The maximum absolute atomic E-state index is 14.5. The largest absolute Gasteiger partial charge is 0.508 e. The highest BCUT2D eigenvalue weighted by Gasteiger charge is 2.25. The third-order valence-corrected chi connectivity index (χ3v) is 6.51. The molecular formula is C29H30FN7O2. The van der Waals surface area contributed by atoms with Gasteiger partial charge in [-0.2, -0.15) is 10.1 Å². The third-order valence-electron chi connectivity index (χ3n) is 6.51. The van der Waals surface area contributed by atoms with Crippen molar-refractivity contribution in [3.63, 3.8) is 0 Å². The Morgan fingerprint density at radius 1 is 1.13 bits per heavy atom. The first-order valence-electron chi connectivity index (χ1n) is 12.8. The molecule has 2 aromatic heterocycles. The van der Waals surface area contributed by atoms with Crippen LogP contribution in [0.1, 0.15) is 24.7 Å². The zero-order valence-electron chi connectivity index (χ0n) is 21.8. The average Bonchev–Trinajstić information content (AvgIpc) is 2.96. The number of nitrogens with one attached hydrogen (secondary N) is 2. The molecule has 4 aromatic rings. The molecule has 10 heteroatoms. The summed E-state index contributed by atoms with van der Waals surface area (Å²) >= 11 is 0. The van der Waals surface area contributed by atoms with Crippen LogP contribution in [-0.4, -0.2) is 52.1 Å². The lowest BCUT2D eigenvalue weighted by molar-refractivity contribution is 0.0921. The summed E-state index contributed by atoms with van der Waals surface area (Å²) < 4.78 is 20.0. The summed E-state index contributed by atoms with van der Waals surface area (Å²) in [6.07, 6.45) is 3.54.